The van der Waals surface area contributed by atoms with Gasteiger partial charge < -0.3 is 14.2 Å². The van der Waals surface area contributed by atoms with Crippen molar-refractivity contribution in [2.75, 3.05) is 13.2 Å². The Morgan fingerprint density at radius 2 is 0.487 bits per heavy atom. The van der Waals surface area contributed by atoms with Crippen LogP contribution in [0.5, 0.6) is 0 Å². The van der Waals surface area contributed by atoms with Crippen molar-refractivity contribution < 1.29 is 28.6 Å². The van der Waals surface area contributed by atoms with Crippen LogP contribution in [0.3, 0.4) is 0 Å². The van der Waals surface area contributed by atoms with E-state index in [1.165, 1.54) is 167 Å². The lowest BCUT2D eigenvalue weighted by Crippen LogP contribution is -2.30. The van der Waals surface area contributed by atoms with Gasteiger partial charge in [-0.3, -0.25) is 14.4 Å². The first kappa shape index (κ1) is 76.1. The van der Waals surface area contributed by atoms with Crippen LogP contribution in [0.4, 0.5) is 0 Å². The molecule has 0 aromatic heterocycles. The third-order valence-electron chi connectivity index (χ3n) is 14.5. The van der Waals surface area contributed by atoms with E-state index in [0.29, 0.717) is 19.3 Å². The van der Waals surface area contributed by atoms with E-state index in [9.17, 15) is 14.4 Å². The molecule has 0 fully saturated rings. The Labute approximate surface area is 495 Å². The lowest BCUT2D eigenvalue weighted by molar-refractivity contribution is -0.167. The van der Waals surface area contributed by atoms with Gasteiger partial charge in [0.05, 0.1) is 0 Å². The highest BCUT2D eigenvalue weighted by atomic mass is 16.6. The summed E-state index contributed by atoms with van der Waals surface area (Å²) in [7, 11) is 0. The summed E-state index contributed by atoms with van der Waals surface area (Å²) >= 11 is 0. The van der Waals surface area contributed by atoms with Gasteiger partial charge >= 0.3 is 17.9 Å². The number of carbonyl (C=O) groups excluding carboxylic acids is 3. The van der Waals surface area contributed by atoms with Gasteiger partial charge in [-0.15, -0.1) is 0 Å². The second-order valence-electron chi connectivity index (χ2n) is 22.4. The molecule has 0 saturated heterocycles. The van der Waals surface area contributed by atoms with E-state index in [1.54, 1.807) is 0 Å². The summed E-state index contributed by atoms with van der Waals surface area (Å²) in [5, 5.41) is 0. The van der Waals surface area contributed by atoms with Crippen LogP contribution < -0.4 is 0 Å². The second kappa shape index (κ2) is 67.6. The minimum atomic E-state index is -0.781. The molecule has 1 unspecified atom stereocenters. The monoisotopic (exact) mass is 1110 g/mol. The zero-order valence-electron chi connectivity index (χ0n) is 52.6. The topological polar surface area (TPSA) is 78.9 Å². The van der Waals surface area contributed by atoms with E-state index in [4.69, 9.17) is 14.2 Å². The maximum absolute atomic E-state index is 12.9. The molecule has 0 amide bonds. The Morgan fingerprint density at radius 1 is 0.263 bits per heavy atom. The molecule has 0 heterocycles. The minimum absolute atomic E-state index is 0.0796. The number of hydrogen-bond donors (Lipinski definition) is 0. The predicted octanol–water partition coefficient (Wildman–Crippen LogP) is 23.4. The van der Waals surface area contributed by atoms with Gasteiger partial charge in [0.2, 0.25) is 0 Å². The van der Waals surface area contributed by atoms with Crippen LogP contribution >= 0.6 is 0 Å². The minimum Gasteiger partial charge on any atom is -0.462 e. The average Bonchev–Trinajstić information content (AvgIpc) is 3.46. The van der Waals surface area contributed by atoms with Crippen LogP contribution in [0.2, 0.25) is 0 Å². The van der Waals surface area contributed by atoms with E-state index >= 15 is 0 Å². The van der Waals surface area contributed by atoms with Crippen molar-refractivity contribution >= 4 is 17.9 Å². The molecule has 0 radical (unpaired) electrons. The van der Waals surface area contributed by atoms with Crippen LogP contribution in [-0.4, -0.2) is 37.2 Å². The average molecular weight is 1110 g/mol. The highest BCUT2D eigenvalue weighted by molar-refractivity contribution is 5.71. The molecular formula is C74H126O6. The number of esters is 3. The summed E-state index contributed by atoms with van der Waals surface area (Å²) in [6.07, 6.45) is 92.5. The molecule has 6 heteroatoms. The Kier molecular flexibility index (Phi) is 64.3. The van der Waals surface area contributed by atoms with Gasteiger partial charge in [0.25, 0.3) is 0 Å². The van der Waals surface area contributed by atoms with Crippen molar-refractivity contribution in [3.63, 3.8) is 0 Å². The van der Waals surface area contributed by atoms with Crippen molar-refractivity contribution in [1.29, 1.82) is 0 Å². The first-order chi connectivity index (χ1) is 39.5. The van der Waals surface area contributed by atoms with E-state index in [2.05, 4.69) is 130 Å². The maximum Gasteiger partial charge on any atom is 0.306 e. The van der Waals surface area contributed by atoms with Gasteiger partial charge in [0, 0.05) is 19.3 Å². The molecule has 458 valence electrons. The van der Waals surface area contributed by atoms with Crippen LogP contribution in [0, 0.1) is 0 Å². The molecule has 0 rings (SSSR count). The van der Waals surface area contributed by atoms with Gasteiger partial charge in [-0.05, 0) is 109 Å². The van der Waals surface area contributed by atoms with Crippen LogP contribution in [0.15, 0.2) is 109 Å². The van der Waals surface area contributed by atoms with Crippen LogP contribution in [0.1, 0.15) is 323 Å². The molecule has 80 heavy (non-hydrogen) atoms. The number of hydrogen-bond acceptors (Lipinski definition) is 6. The SMILES string of the molecule is CC/C=C\C/C=C\C/C=C\C/C=C\C/C=C\C/C=C\C/C=C\C/C=C\CCCCCCCCCCCCC(=O)OCC(COC(=O)CCCCCCC/C=C\CCCCCC)OC(=O)CCCCCCCCCCCCCCCC. The number of unbranched alkanes of at least 4 members (excludes halogenated alkanes) is 32. The zero-order valence-corrected chi connectivity index (χ0v) is 52.6. The molecule has 0 spiro atoms. The summed E-state index contributed by atoms with van der Waals surface area (Å²) in [4.78, 5) is 38.3. The van der Waals surface area contributed by atoms with Crippen molar-refractivity contribution in [3.8, 4) is 0 Å². The Morgan fingerprint density at radius 3 is 0.787 bits per heavy atom. The van der Waals surface area contributed by atoms with Gasteiger partial charge in [-0.2, -0.15) is 0 Å². The van der Waals surface area contributed by atoms with Crippen LogP contribution in [0.25, 0.3) is 0 Å². The third kappa shape index (κ3) is 64.9. The molecule has 1 atom stereocenters. The van der Waals surface area contributed by atoms with Crippen molar-refractivity contribution in [2.45, 2.75) is 329 Å². The fraction of sp³-hybridized carbons (Fsp3) is 0.716. The summed E-state index contributed by atoms with van der Waals surface area (Å²) in [5.74, 6) is -0.880. The summed E-state index contributed by atoms with van der Waals surface area (Å²) in [6, 6.07) is 0. The molecule has 0 aromatic rings. The van der Waals surface area contributed by atoms with Gasteiger partial charge in [0.15, 0.2) is 6.10 Å². The molecule has 0 bridgehead atoms. The van der Waals surface area contributed by atoms with Gasteiger partial charge in [-0.1, -0.05) is 304 Å². The third-order valence-corrected chi connectivity index (χ3v) is 14.5. The van der Waals surface area contributed by atoms with Gasteiger partial charge in [-0.25, -0.2) is 0 Å². The fourth-order valence-electron chi connectivity index (χ4n) is 9.45. The van der Waals surface area contributed by atoms with Crippen LogP contribution in [-0.2, 0) is 28.6 Å². The van der Waals surface area contributed by atoms with Gasteiger partial charge in [0.1, 0.15) is 13.2 Å². The number of ether oxygens (including phenoxy) is 3. The molecule has 0 aliphatic carbocycles. The van der Waals surface area contributed by atoms with E-state index < -0.39 is 6.10 Å². The summed E-state index contributed by atoms with van der Waals surface area (Å²) in [5.41, 5.74) is 0. The first-order valence-corrected chi connectivity index (χ1v) is 33.9. The highest BCUT2D eigenvalue weighted by Crippen LogP contribution is 2.16. The van der Waals surface area contributed by atoms with Crippen molar-refractivity contribution in [2.24, 2.45) is 0 Å². The lowest BCUT2D eigenvalue weighted by atomic mass is 10.0. The zero-order chi connectivity index (χ0) is 57.8. The molecular weight excluding hydrogens is 985 g/mol. The molecule has 0 N–H and O–H groups in total. The highest BCUT2D eigenvalue weighted by Gasteiger charge is 2.19. The Bertz CT molecular complexity index is 1610. The molecule has 0 saturated carbocycles. The molecule has 0 aromatic carbocycles. The van der Waals surface area contributed by atoms with E-state index in [0.717, 1.165) is 116 Å². The smallest absolute Gasteiger partial charge is 0.306 e. The Hall–Kier alpha value is -3.93. The van der Waals surface area contributed by atoms with E-state index in [1.807, 2.05) is 0 Å². The molecule has 0 aliphatic heterocycles. The Balaban J connectivity index is 4.19. The maximum atomic E-state index is 12.9. The van der Waals surface area contributed by atoms with Crippen molar-refractivity contribution in [1.82, 2.24) is 0 Å². The lowest BCUT2D eigenvalue weighted by Gasteiger charge is -2.18. The number of allylic oxidation sites excluding steroid dienone is 18. The van der Waals surface area contributed by atoms with E-state index in [-0.39, 0.29) is 31.1 Å². The molecule has 6 nitrogen and oxygen atoms in total. The fourth-order valence-corrected chi connectivity index (χ4v) is 9.45. The largest absolute Gasteiger partial charge is 0.462 e. The quantitative estimate of drug-likeness (QED) is 0.0261. The summed E-state index contributed by atoms with van der Waals surface area (Å²) < 4.78 is 16.9. The first-order valence-electron chi connectivity index (χ1n) is 33.9. The standard InChI is InChI=1S/C74H126O6/c1-4-7-10-13-16-19-22-25-27-28-29-30-31-32-33-34-35-36-37-38-39-40-41-42-43-44-45-46-47-50-52-55-58-61-64-67-73(76)79-70-71(69-78-72(75)66-63-60-57-54-51-48-24-21-18-15-12-9-6-3)80-74(77)68-65-62-59-56-53-49-26-23-20-17-14-11-8-5-2/h7,10,16,19,21,24-25,27,29-30,32-33,35-36,38-39,41-42,71H,4-6,8-9,11-15,17-18,20,22-23,26,28,31,34,37,40,43-70H2,1-3H3/b10-7-,19-16-,24-21-,27-25-,30-29-,33-32-,36-35-,39-38-,42-41-. The number of rotatable bonds is 61. The number of carbonyl (C=O) groups is 3. The van der Waals surface area contributed by atoms with Crippen molar-refractivity contribution in [3.05, 3.63) is 109 Å². The normalized spacial score (nSPS) is 12.8. The molecule has 0 aliphatic rings. The predicted molar refractivity (Wildman–Crippen MR) is 348 cm³/mol. The summed E-state index contributed by atoms with van der Waals surface area (Å²) in [6.45, 7) is 6.53. The second-order valence-corrected chi connectivity index (χ2v) is 22.4.